The van der Waals surface area contributed by atoms with Crippen molar-refractivity contribution in [1.29, 1.82) is 0 Å². The molecule has 0 saturated heterocycles. The molecule has 4 aromatic rings. The second-order valence-corrected chi connectivity index (χ2v) is 37.7. The quantitative estimate of drug-likeness (QED) is 0.152. The molecular weight excluding hydrogens is 629 g/mol. The largest absolute Gasteiger partial charge is 0.0801 e. The summed E-state index contributed by atoms with van der Waals surface area (Å²) in [4.78, 5) is 0. The Labute approximate surface area is 288 Å². The molecule has 47 heavy (non-hydrogen) atoms. The third-order valence-electron chi connectivity index (χ3n) is 9.70. The maximum absolute atomic E-state index is 4.19. The molecule has 0 fully saturated rings. The van der Waals surface area contributed by atoms with Crippen molar-refractivity contribution >= 4 is 70.3 Å². The molecular formula is C43H53Si4. The van der Waals surface area contributed by atoms with Crippen LogP contribution in [0, 0.1) is 0 Å². The van der Waals surface area contributed by atoms with Gasteiger partial charge in [0.05, 0.1) is 32.3 Å². The van der Waals surface area contributed by atoms with Gasteiger partial charge in [-0.1, -0.05) is 185 Å². The zero-order valence-electron chi connectivity index (χ0n) is 30.9. The zero-order valence-corrected chi connectivity index (χ0v) is 34.9. The van der Waals surface area contributed by atoms with Gasteiger partial charge in [0.15, 0.2) is 0 Å². The fourth-order valence-electron chi connectivity index (χ4n) is 8.10. The third-order valence-corrected chi connectivity index (χ3v) is 18.2. The van der Waals surface area contributed by atoms with Gasteiger partial charge in [0, 0.05) is 0 Å². The van der Waals surface area contributed by atoms with Crippen LogP contribution in [0.5, 0.6) is 0 Å². The predicted octanol–water partition coefficient (Wildman–Crippen LogP) is 8.14. The molecule has 0 spiro atoms. The van der Waals surface area contributed by atoms with Crippen LogP contribution in [0.25, 0.3) is 28.3 Å². The average Bonchev–Trinajstić information content (AvgIpc) is 3.63. The molecule has 2 aliphatic carbocycles. The summed E-state index contributed by atoms with van der Waals surface area (Å²) in [5.41, 5.74) is 11.4. The van der Waals surface area contributed by atoms with E-state index in [0.29, 0.717) is 0 Å². The first-order valence-corrected chi connectivity index (χ1v) is 31.4. The highest BCUT2D eigenvalue weighted by Gasteiger charge is 2.42. The highest BCUT2D eigenvalue weighted by molar-refractivity contribution is 7.05. The van der Waals surface area contributed by atoms with Crippen LogP contribution in [-0.2, 0) is 0 Å². The van der Waals surface area contributed by atoms with Crippen molar-refractivity contribution in [2.45, 2.75) is 85.0 Å². The van der Waals surface area contributed by atoms with E-state index in [1.807, 2.05) is 0 Å². The number of hydrogen-bond acceptors (Lipinski definition) is 0. The van der Waals surface area contributed by atoms with Crippen molar-refractivity contribution in [3.05, 3.63) is 124 Å². The summed E-state index contributed by atoms with van der Waals surface area (Å²) < 4.78 is 0. The van der Waals surface area contributed by atoms with Crippen LogP contribution in [0.15, 0.2) is 91.0 Å². The molecule has 0 heterocycles. The molecule has 4 heteroatoms. The van der Waals surface area contributed by atoms with Crippen LogP contribution in [0.3, 0.4) is 0 Å². The van der Waals surface area contributed by atoms with Gasteiger partial charge in [0.25, 0.3) is 0 Å². The van der Waals surface area contributed by atoms with Crippen LogP contribution in [-0.4, -0.2) is 32.3 Å². The maximum Gasteiger partial charge on any atom is 0.0792 e. The SMILES string of the molecule is C[Si](C)(C)c1c(C2=CC=CC2)c2c(c([Si](C)(C)C)c1[Si](C)(C)C)-c1c([Si](C)(C)C)c(=C(c3ccccc3)c3ccccc3)ccc1=[C]2. The van der Waals surface area contributed by atoms with Gasteiger partial charge in [0.1, 0.15) is 0 Å². The Morgan fingerprint density at radius 3 is 1.45 bits per heavy atom. The van der Waals surface area contributed by atoms with E-state index in [9.17, 15) is 0 Å². The molecule has 0 aliphatic heterocycles. The molecule has 0 atom stereocenters. The van der Waals surface area contributed by atoms with Crippen molar-refractivity contribution in [3.63, 3.8) is 0 Å². The van der Waals surface area contributed by atoms with E-state index in [1.54, 1.807) is 26.3 Å². The first-order chi connectivity index (χ1) is 21.9. The van der Waals surface area contributed by atoms with Crippen LogP contribution >= 0.6 is 0 Å². The average molecular weight is 682 g/mol. The number of rotatable bonds is 7. The van der Waals surface area contributed by atoms with Crippen molar-refractivity contribution < 1.29 is 0 Å². The molecule has 0 unspecified atom stereocenters. The molecule has 0 nitrogen and oxygen atoms in total. The van der Waals surface area contributed by atoms with Crippen LogP contribution < -0.4 is 31.2 Å². The lowest BCUT2D eigenvalue weighted by Gasteiger charge is -2.39. The Kier molecular flexibility index (Phi) is 8.52. The first kappa shape index (κ1) is 33.9. The van der Waals surface area contributed by atoms with Crippen molar-refractivity contribution in [2.24, 2.45) is 0 Å². The molecule has 0 amide bonds. The van der Waals surface area contributed by atoms with E-state index in [1.165, 1.54) is 49.4 Å². The van der Waals surface area contributed by atoms with Crippen molar-refractivity contribution in [1.82, 2.24) is 0 Å². The van der Waals surface area contributed by atoms with Gasteiger partial charge >= 0.3 is 0 Å². The molecule has 2 aliphatic rings. The van der Waals surface area contributed by atoms with Gasteiger partial charge in [-0.3, -0.25) is 0 Å². The fraction of sp³-hybridized carbons (Fsp3) is 0.302. The molecule has 1 radical (unpaired) electrons. The molecule has 0 bridgehead atoms. The summed E-state index contributed by atoms with van der Waals surface area (Å²) in [5, 5.41) is 9.57. The highest BCUT2D eigenvalue weighted by Crippen LogP contribution is 2.36. The standard InChI is InChI=1S/C43H53Si4/c1-44(2,3)40-34(36(30-21-15-13-16-22-30)31-23-17-14-18-24-31)28-27-33-29-35-37(32-25-19-20-26-32)41(45(4,5)6)43(47(10,11)12)42(46(7,8)9)39(35)38(33)40/h13-25,27-28H,26H2,1-12H3. The minimum Gasteiger partial charge on any atom is -0.0801 e. The molecule has 0 saturated carbocycles. The lowest BCUT2D eigenvalue weighted by Crippen LogP contribution is -2.68. The zero-order chi connectivity index (χ0) is 34.1. The number of benzene rings is 4. The lowest BCUT2D eigenvalue weighted by atomic mass is 9.92. The summed E-state index contributed by atoms with van der Waals surface area (Å²) in [6.45, 7) is 31.1. The smallest absolute Gasteiger partial charge is 0.0792 e. The molecule has 241 valence electrons. The summed E-state index contributed by atoms with van der Waals surface area (Å²) in [7, 11) is -7.34. The second kappa shape index (κ2) is 11.8. The van der Waals surface area contributed by atoms with E-state index in [2.05, 4.69) is 176 Å². The van der Waals surface area contributed by atoms with Gasteiger partial charge in [-0.25, -0.2) is 0 Å². The first-order valence-electron chi connectivity index (χ1n) is 17.4. The number of hydrogen-bond donors (Lipinski definition) is 0. The number of allylic oxidation sites excluding steroid dienone is 4. The van der Waals surface area contributed by atoms with E-state index < -0.39 is 32.3 Å². The van der Waals surface area contributed by atoms with Gasteiger partial charge in [0.2, 0.25) is 0 Å². The van der Waals surface area contributed by atoms with Crippen molar-refractivity contribution in [3.8, 4) is 11.1 Å². The fourth-order valence-corrected chi connectivity index (χ4v) is 20.3. The van der Waals surface area contributed by atoms with Crippen LogP contribution in [0.2, 0.25) is 78.6 Å². The minimum absolute atomic E-state index is 1.02. The summed E-state index contributed by atoms with van der Waals surface area (Å²) in [5.74, 6) is 0. The Morgan fingerprint density at radius 2 is 1.00 bits per heavy atom. The van der Waals surface area contributed by atoms with E-state index in [-0.39, 0.29) is 0 Å². The van der Waals surface area contributed by atoms with Crippen molar-refractivity contribution in [2.75, 3.05) is 0 Å². The second-order valence-electron chi connectivity index (χ2n) is 17.7. The maximum atomic E-state index is 4.19. The van der Waals surface area contributed by atoms with E-state index in [4.69, 9.17) is 0 Å². The Hall–Kier alpha value is -3.03. The van der Waals surface area contributed by atoms with E-state index >= 15 is 0 Å². The monoisotopic (exact) mass is 681 g/mol. The summed E-state index contributed by atoms with van der Waals surface area (Å²) in [6, 6.07) is 27.1. The molecule has 0 aromatic heterocycles. The summed E-state index contributed by atoms with van der Waals surface area (Å²) in [6.07, 6.45) is 12.3. The third kappa shape index (κ3) is 6.07. The van der Waals surface area contributed by atoms with Crippen LogP contribution in [0.4, 0.5) is 0 Å². The topological polar surface area (TPSA) is 0 Å². The van der Waals surface area contributed by atoms with Gasteiger partial charge in [-0.15, -0.1) is 0 Å². The molecule has 6 rings (SSSR count). The highest BCUT2D eigenvalue weighted by atomic mass is 28.3. The summed E-state index contributed by atoms with van der Waals surface area (Å²) >= 11 is 0. The number of fused-ring (bicyclic) bond motifs is 3. The normalized spacial score (nSPS) is 14.5. The molecule has 4 aromatic carbocycles. The minimum atomic E-state index is -1.93. The van der Waals surface area contributed by atoms with E-state index in [0.717, 1.165) is 6.42 Å². The van der Waals surface area contributed by atoms with Gasteiger partial charge < -0.3 is 0 Å². The van der Waals surface area contributed by atoms with Gasteiger partial charge in [-0.05, 0) is 72.6 Å². The Balaban J connectivity index is 1.92. The van der Waals surface area contributed by atoms with Gasteiger partial charge in [-0.2, -0.15) is 0 Å². The Morgan fingerprint density at radius 1 is 0.511 bits per heavy atom. The predicted molar refractivity (Wildman–Crippen MR) is 222 cm³/mol. The Bertz CT molecular complexity index is 2010. The molecule has 0 N–H and O–H groups in total. The lowest BCUT2D eigenvalue weighted by molar-refractivity contribution is 1.43. The van der Waals surface area contributed by atoms with Crippen LogP contribution in [0.1, 0.15) is 28.7 Å².